The summed E-state index contributed by atoms with van der Waals surface area (Å²) in [6.07, 6.45) is 4.06. The minimum atomic E-state index is -3.42. The molecule has 0 atom stereocenters. The molecule has 1 aromatic rings. The molecule has 0 N–H and O–H groups in total. The zero-order chi connectivity index (χ0) is 13.2. The van der Waals surface area contributed by atoms with Crippen molar-refractivity contribution in [3.05, 3.63) is 29.8 Å². The molecule has 2 rings (SSSR count). The van der Waals surface area contributed by atoms with Crippen molar-refractivity contribution >= 4 is 10.0 Å². The van der Waals surface area contributed by atoms with Crippen molar-refractivity contribution in [3.63, 3.8) is 0 Å². The molecule has 1 aromatic carbocycles. The Morgan fingerprint density at radius 2 is 1.78 bits per heavy atom. The first-order valence-corrected chi connectivity index (χ1v) is 7.48. The summed E-state index contributed by atoms with van der Waals surface area (Å²) in [7, 11) is -1.78. The predicted molar refractivity (Wildman–Crippen MR) is 68.4 cm³/mol. The van der Waals surface area contributed by atoms with Gasteiger partial charge in [0.05, 0.1) is 16.5 Å². The van der Waals surface area contributed by atoms with Crippen LogP contribution in [0.2, 0.25) is 0 Å². The van der Waals surface area contributed by atoms with Crippen molar-refractivity contribution in [2.75, 3.05) is 7.05 Å². The summed E-state index contributed by atoms with van der Waals surface area (Å²) in [5.74, 6) is 0. The number of nitrogens with zero attached hydrogens (tertiary/aromatic N) is 2. The molecule has 18 heavy (non-hydrogen) atoms. The molecule has 0 spiro atoms. The molecule has 0 bridgehead atoms. The van der Waals surface area contributed by atoms with E-state index in [0.29, 0.717) is 5.56 Å². The van der Waals surface area contributed by atoms with Gasteiger partial charge in [0, 0.05) is 13.1 Å². The summed E-state index contributed by atoms with van der Waals surface area (Å²) < 4.78 is 26.2. The molecular weight excluding hydrogens is 248 g/mol. The molecule has 96 valence electrons. The first kappa shape index (κ1) is 13.1. The Bertz CT molecular complexity index is 552. The van der Waals surface area contributed by atoms with E-state index in [-0.39, 0.29) is 10.9 Å². The highest BCUT2D eigenvalue weighted by Crippen LogP contribution is 2.27. The lowest BCUT2D eigenvalue weighted by molar-refractivity contribution is 0.373. The minimum Gasteiger partial charge on any atom is -0.207 e. The van der Waals surface area contributed by atoms with Gasteiger partial charge in [0.25, 0.3) is 0 Å². The SMILES string of the molecule is CN(C1CCCC1)S(=O)(=O)c1ccc(C#N)cc1. The van der Waals surface area contributed by atoms with Crippen LogP contribution in [0.25, 0.3) is 0 Å². The van der Waals surface area contributed by atoms with Crippen LogP contribution < -0.4 is 0 Å². The highest BCUT2D eigenvalue weighted by Gasteiger charge is 2.29. The van der Waals surface area contributed by atoms with Gasteiger partial charge in [-0.1, -0.05) is 12.8 Å². The Hall–Kier alpha value is -1.38. The van der Waals surface area contributed by atoms with Crippen molar-refractivity contribution in [1.29, 1.82) is 5.26 Å². The fourth-order valence-corrected chi connectivity index (χ4v) is 3.75. The topological polar surface area (TPSA) is 61.2 Å². The van der Waals surface area contributed by atoms with Gasteiger partial charge in [-0.25, -0.2) is 8.42 Å². The lowest BCUT2D eigenvalue weighted by Gasteiger charge is -2.23. The monoisotopic (exact) mass is 264 g/mol. The predicted octanol–water partition coefficient (Wildman–Crippen LogP) is 2.12. The number of nitriles is 1. The van der Waals surface area contributed by atoms with Gasteiger partial charge in [-0.2, -0.15) is 9.57 Å². The van der Waals surface area contributed by atoms with Gasteiger partial charge in [-0.15, -0.1) is 0 Å². The molecule has 0 heterocycles. The highest BCUT2D eigenvalue weighted by molar-refractivity contribution is 7.89. The molecular formula is C13H16N2O2S. The lowest BCUT2D eigenvalue weighted by atomic mass is 10.2. The van der Waals surface area contributed by atoms with Crippen molar-refractivity contribution < 1.29 is 8.42 Å². The molecule has 1 aliphatic carbocycles. The van der Waals surface area contributed by atoms with Gasteiger partial charge in [-0.3, -0.25) is 0 Å². The molecule has 1 fully saturated rings. The maximum Gasteiger partial charge on any atom is 0.243 e. The van der Waals surface area contributed by atoms with Gasteiger partial charge in [0.1, 0.15) is 0 Å². The van der Waals surface area contributed by atoms with Crippen LogP contribution in [-0.4, -0.2) is 25.8 Å². The van der Waals surface area contributed by atoms with E-state index in [1.165, 1.54) is 28.6 Å². The van der Waals surface area contributed by atoms with Crippen molar-refractivity contribution in [2.45, 2.75) is 36.6 Å². The molecule has 0 saturated heterocycles. The molecule has 4 nitrogen and oxygen atoms in total. The second-order valence-corrected chi connectivity index (χ2v) is 6.59. The first-order valence-electron chi connectivity index (χ1n) is 6.04. The Kier molecular flexibility index (Phi) is 3.69. The number of benzene rings is 1. The molecule has 0 aliphatic heterocycles. The highest BCUT2D eigenvalue weighted by atomic mass is 32.2. The first-order chi connectivity index (χ1) is 8.55. The van der Waals surface area contributed by atoms with E-state index < -0.39 is 10.0 Å². The van der Waals surface area contributed by atoms with E-state index in [0.717, 1.165) is 25.7 Å². The van der Waals surface area contributed by atoms with Crippen LogP contribution in [0.4, 0.5) is 0 Å². The van der Waals surface area contributed by atoms with Gasteiger partial charge >= 0.3 is 0 Å². The van der Waals surface area contributed by atoms with Crippen LogP contribution in [0.5, 0.6) is 0 Å². The maximum absolute atomic E-state index is 12.4. The zero-order valence-electron chi connectivity index (χ0n) is 10.3. The summed E-state index contributed by atoms with van der Waals surface area (Å²) in [5, 5.41) is 8.70. The Morgan fingerprint density at radius 1 is 1.22 bits per heavy atom. The largest absolute Gasteiger partial charge is 0.243 e. The van der Waals surface area contributed by atoms with Gasteiger partial charge in [-0.05, 0) is 37.1 Å². The Labute approximate surface area is 108 Å². The quantitative estimate of drug-likeness (QED) is 0.840. The van der Waals surface area contributed by atoms with E-state index in [4.69, 9.17) is 5.26 Å². The maximum atomic E-state index is 12.4. The molecule has 5 heteroatoms. The van der Waals surface area contributed by atoms with Gasteiger partial charge in [0.2, 0.25) is 10.0 Å². The number of hydrogen-bond donors (Lipinski definition) is 0. The third-order valence-electron chi connectivity index (χ3n) is 3.50. The van der Waals surface area contributed by atoms with Crippen molar-refractivity contribution in [1.82, 2.24) is 4.31 Å². The van der Waals surface area contributed by atoms with E-state index in [2.05, 4.69) is 0 Å². The van der Waals surface area contributed by atoms with E-state index >= 15 is 0 Å². The number of rotatable bonds is 3. The molecule has 1 saturated carbocycles. The van der Waals surface area contributed by atoms with Crippen LogP contribution in [0, 0.1) is 11.3 Å². The lowest BCUT2D eigenvalue weighted by Crippen LogP contribution is -2.35. The molecule has 0 unspecified atom stereocenters. The van der Waals surface area contributed by atoms with Crippen LogP contribution >= 0.6 is 0 Å². The average molecular weight is 264 g/mol. The van der Waals surface area contributed by atoms with Crippen molar-refractivity contribution in [2.24, 2.45) is 0 Å². The minimum absolute atomic E-state index is 0.116. The van der Waals surface area contributed by atoms with Crippen molar-refractivity contribution in [3.8, 4) is 6.07 Å². The van der Waals surface area contributed by atoms with Gasteiger partial charge in [0.15, 0.2) is 0 Å². The van der Waals surface area contributed by atoms with E-state index in [1.807, 2.05) is 6.07 Å². The normalized spacial score (nSPS) is 16.9. The molecule has 1 aliphatic rings. The summed E-state index contributed by atoms with van der Waals surface area (Å²) in [4.78, 5) is 0.260. The van der Waals surface area contributed by atoms with E-state index in [9.17, 15) is 8.42 Å². The standard InChI is InChI=1S/C13H16N2O2S/c1-15(12-4-2-3-5-12)18(16,17)13-8-6-11(10-14)7-9-13/h6-9,12H,2-5H2,1H3. The fourth-order valence-electron chi connectivity index (χ4n) is 2.33. The fraction of sp³-hybridized carbons (Fsp3) is 0.462. The summed E-state index contributed by atoms with van der Waals surface area (Å²) >= 11 is 0. The van der Waals surface area contributed by atoms with Crippen LogP contribution in [-0.2, 0) is 10.0 Å². The van der Waals surface area contributed by atoms with Crippen LogP contribution in [0.3, 0.4) is 0 Å². The third-order valence-corrected chi connectivity index (χ3v) is 5.42. The summed E-state index contributed by atoms with van der Waals surface area (Å²) in [6, 6.07) is 8.17. The summed E-state index contributed by atoms with van der Waals surface area (Å²) in [5.41, 5.74) is 0.470. The smallest absolute Gasteiger partial charge is 0.207 e. The average Bonchev–Trinajstić information content (AvgIpc) is 2.91. The molecule has 0 amide bonds. The van der Waals surface area contributed by atoms with E-state index in [1.54, 1.807) is 7.05 Å². The third kappa shape index (κ3) is 2.40. The molecule has 0 aromatic heterocycles. The number of hydrogen-bond acceptors (Lipinski definition) is 3. The Morgan fingerprint density at radius 3 is 2.28 bits per heavy atom. The van der Waals surface area contributed by atoms with Gasteiger partial charge < -0.3 is 0 Å². The Balaban J connectivity index is 2.26. The summed E-state index contributed by atoms with van der Waals surface area (Å²) in [6.45, 7) is 0. The zero-order valence-corrected chi connectivity index (χ0v) is 11.2. The second kappa shape index (κ2) is 5.09. The second-order valence-electron chi connectivity index (χ2n) is 4.60. The number of sulfonamides is 1. The van der Waals surface area contributed by atoms with Crippen LogP contribution in [0.15, 0.2) is 29.2 Å². The van der Waals surface area contributed by atoms with Crippen LogP contribution in [0.1, 0.15) is 31.2 Å². The molecule has 0 radical (unpaired) electrons.